The fourth-order valence-corrected chi connectivity index (χ4v) is 2.74. The van der Waals surface area contributed by atoms with Crippen molar-refractivity contribution in [1.29, 1.82) is 0 Å². The Labute approximate surface area is 148 Å². The predicted molar refractivity (Wildman–Crippen MR) is 100 cm³/mol. The summed E-state index contributed by atoms with van der Waals surface area (Å²) in [4.78, 5) is 24.8. The van der Waals surface area contributed by atoms with Gasteiger partial charge >= 0.3 is 0 Å². The standard InChI is InChI=1S/C21H24N2O2/c1-21(2,3)17-9-4-5-10-18(17)23-20(25)15-8-6-7-14(13-15)19(24)22-16-11-12-16/h4-10,13,16H,11-12H2,1-3H3,(H,22,24)(H,23,25). The average Bonchev–Trinajstić information content (AvgIpc) is 3.38. The highest BCUT2D eigenvalue weighted by Crippen LogP contribution is 2.29. The van der Waals surface area contributed by atoms with E-state index >= 15 is 0 Å². The largest absolute Gasteiger partial charge is 0.349 e. The second-order valence-corrected chi connectivity index (χ2v) is 7.58. The van der Waals surface area contributed by atoms with Gasteiger partial charge in [0.05, 0.1) is 0 Å². The summed E-state index contributed by atoms with van der Waals surface area (Å²) in [6.07, 6.45) is 2.07. The van der Waals surface area contributed by atoms with Gasteiger partial charge in [-0.15, -0.1) is 0 Å². The number of para-hydroxylation sites is 1. The SMILES string of the molecule is CC(C)(C)c1ccccc1NC(=O)c1cccc(C(=O)NC2CC2)c1. The first-order valence-corrected chi connectivity index (χ1v) is 8.66. The first kappa shape index (κ1) is 17.2. The van der Waals surface area contributed by atoms with Gasteiger partial charge in [-0.25, -0.2) is 0 Å². The molecular formula is C21H24N2O2. The zero-order chi connectivity index (χ0) is 18.0. The summed E-state index contributed by atoms with van der Waals surface area (Å²) in [5, 5.41) is 5.93. The van der Waals surface area contributed by atoms with Crippen LogP contribution in [0.2, 0.25) is 0 Å². The lowest BCUT2D eigenvalue weighted by Crippen LogP contribution is -2.25. The molecule has 1 saturated carbocycles. The van der Waals surface area contributed by atoms with Crippen molar-refractivity contribution in [2.24, 2.45) is 0 Å². The number of carbonyl (C=O) groups is 2. The summed E-state index contributed by atoms with van der Waals surface area (Å²) in [6.45, 7) is 6.34. The minimum Gasteiger partial charge on any atom is -0.349 e. The molecule has 3 rings (SSSR count). The number of rotatable bonds is 4. The van der Waals surface area contributed by atoms with E-state index in [9.17, 15) is 9.59 Å². The Kier molecular flexibility index (Phi) is 4.62. The van der Waals surface area contributed by atoms with Gasteiger partial charge in [-0.3, -0.25) is 9.59 Å². The zero-order valence-corrected chi connectivity index (χ0v) is 14.9. The van der Waals surface area contributed by atoms with E-state index in [-0.39, 0.29) is 17.2 Å². The third-order valence-electron chi connectivity index (χ3n) is 4.28. The van der Waals surface area contributed by atoms with Crippen LogP contribution in [0.5, 0.6) is 0 Å². The van der Waals surface area contributed by atoms with Crippen molar-refractivity contribution in [3.63, 3.8) is 0 Å². The Morgan fingerprint density at radius 2 is 1.56 bits per heavy atom. The molecule has 0 unspecified atom stereocenters. The lowest BCUT2D eigenvalue weighted by molar-refractivity contribution is 0.0951. The van der Waals surface area contributed by atoms with Crippen LogP contribution in [-0.4, -0.2) is 17.9 Å². The molecule has 2 N–H and O–H groups in total. The summed E-state index contributed by atoms with van der Waals surface area (Å²) in [6, 6.07) is 14.9. The fraction of sp³-hybridized carbons (Fsp3) is 0.333. The van der Waals surface area contributed by atoms with Crippen LogP contribution in [-0.2, 0) is 5.41 Å². The van der Waals surface area contributed by atoms with Gasteiger partial charge in [-0.2, -0.15) is 0 Å². The van der Waals surface area contributed by atoms with Crippen LogP contribution in [0.4, 0.5) is 5.69 Å². The summed E-state index contributed by atoms with van der Waals surface area (Å²) in [7, 11) is 0. The van der Waals surface area contributed by atoms with Crippen LogP contribution < -0.4 is 10.6 Å². The maximum Gasteiger partial charge on any atom is 0.255 e. The highest BCUT2D eigenvalue weighted by atomic mass is 16.2. The molecule has 0 saturated heterocycles. The van der Waals surface area contributed by atoms with Crippen molar-refractivity contribution < 1.29 is 9.59 Å². The number of hydrogen-bond donors (Lipinski definition) is 2. The van der Waals surface area contributed by atoms with Gasteiger partial charge in [0.1, 0.15) is 0 Å². The molecule has 25 heavy (non-hydrogen) atoms. The van der Waals surface area contributed by atoms with Crippen molar-refractivity contribution in [1.82, 2.24) is 5.32 Å². The molecular weight excluding hydrogens is 312 g/mol. The van der Waals surface area contributed by atoms with E-state index in [1.165, 1.54) is 0 Å². The highest BCUT2D eigenvalue weighted by molar-refractivity contribution is 6.06. The lowest BCUT2D eigenvalue weighted by atomic mass is 9.86. The van der Waals surface area contributed by atoms with Gasteiger partial charge in [0.25, 0.3) is 11.8 Å². The summed E-state index contributed by atoms with van der Waals surface area (Å²) in [5.74, 6) is -0.329. The zero-order valence-electron chi connectivity index (χ0n) is 14.9. The molecule has 1 fully saturated rings. The van der Waals surface area contributed by atoms with E-state index < -0.39 is 0 Å². The van der Waals surface area contributed by atoms with Gasteiger partial charge in [0, 0.05) is 22.9 Å². The van der Waals surface area contributed by atoms with E-state index in [1.54, 1.807) is 24.3 Å². The monoisotopic (exact) mass is 336 g/mol. The minimum atomic E-state index is -0.210. The minimum absolute atomic E-state index is 0.0735. The van der Waals surface area contributed by atoms with Crippen LogP contribution in [0.15, 0.2) is 48.5 Å². The second kappa shape index (κ2) is 6.71. The van der Waals surface area contributed by atoms with Gasteiger partial charge in [-0.1, -0.05) is 45.0 Å². The molecule has 1 aliphatic carbocycles. The molecule has 2 aromatic rings. The van der Waals surface area contributed by atoms with Crippen LogP contribution >= 0.6 is 0 Å². The quantitative estimate of drug-likeness (QED) is 0.882. The van der Waals surface area contributed by atoms with E-state index in [2.05, 4.69) is 31.4 Å². The number of carbonyl (C=O) groups excluding carboxylic acids is 2. The third-order valence-corrected chi connectivity index (χ3v) is 4.28. The molecule has 0 heterocycles. The van der Waals surface area contributed by atoms with Crippen LogP contribution in [0.1, 0.15) is 59.9 Å². The molecule has 0 bridgehead atoms. The van der Waals surface area contributed by atoms with Gasteiger partial charge in [-0.05, 0) is 48.1 Å². The molecule has 0 aromatic heterocycles. The Balaban J connectivity index is 1.79. The van der Waals surface area contributed by atoms with E-state index in [0.29, 0.717) is 17.2 Å². The van der Waals surface area contributed by atoms with Gasteiger partial charge in [0.15, 0.2) is 0 Å². The molecule has 4 heteroatoms. The number of benzene rings is 2. The van der Waals surface area contributed by atoms with Crippen molar-refractivity contribution in [2.75, 3.05) is 5.32 Å². The summed E-state index contributed by atoms with van der Waals surface area (Å²) in [5.41, 5.74) is 2.80. The molecule has 0 aliphatic heterocycles. The molecule has 2 amide bonds. The number of nitrogens with one attached hydrogen (secondary N) is 2. The number of amides is 2. The van der Waals surface area contributed by atoms with Crippen molar-refractivity contribution in [3.05, 3.63) is 65.2 Å². The van der Waals surface area contributed by atoms with Gasteiger partial charge in [0.2, 0.25) is 0 Å². The molecule has 4 nitrogen and oxygen atoms in total. The Hall–Kier alpha value is -2.62. The lowest BCUT2D eigenvalue weighted by Gasteiger charge is -2.23. The first-order valence-electron chi connectivity index (χ1n) is 8.66. The number of hydrogen-bond acceptors (Lipinski definition) is 2. The van der Waals surface area contributed by atoms with E-state index in [0.717, 1.165) is 24.1 Å². The summed E-state index contributed by atoms with van der Waals surface area (Å²) >= 11 is 0. The molecule has 0 atom stereocenters. The molecule has 0 spiro atoms. The molecule has 0 radical (unpaired) electrons. The van der Waals surface area contributed by atoms with E-state index in [1.807, 2.05) is 24.3 Å². The third kappa shape index (κ3) is 4.27. The second-order valence-electron chi connectivity index (χ2n) is 7.58. The normalized spacial score (nSPS) is 14.0. The first-order chi connectivity index (χ1) is 11.8. The van der Waals surface area contributed by atoms with E-state index in [4.69, 9.17) is 0 Å². The topological polar surface area (TPSA) is 58.2 Å². The predicted octanol–water partition coefficient (Wildman–Crippen LogP) is 4.13. The van der Waals surface area contributed by atoms with Crippen molar-refractivity contribution in [3.8, 4) is 0 Å². The molecule has 1 aliphatic rings. The maximum absolute atomic E-state index is 12.7. The van der Waals surface area contributed by atoms with Crippen molar-refractivity contribution >= 4 is 17.5 Å². The van der Waals surface area contributed by atoms with Gasteiger partial charge < -0.3 is 10.6 Å². The van der Waals surface area contributed by atoms with Crippen LogP contribution in [0.25, 0.3) is 0 Å². The Morgan fingerprint density at radius 3 is 2.20 bits per heavy atom. The number of anilines is 1. The Morgan fingerprint density at radius 1 is 0.920 bits per heavy atom. The Bertz CT molecular complexity index is 802. The molecule has 2 aromatic carbocycles. The molecule has 130 valence electrons. The highest BCUT2D eigenvalue weighted by Gasteiger charge is 2.24. The fourth-order valence-electron chi connectivity index (χ4n) is 2.74. The maximum atomic E-state index is 12.7. The average molecular weight is 336 g/mol. The smallest absolute Gasteiger partial charge is 0.255 e. The van der Waals surface area contributed by atoms with Crippen LogP contribution in [0.3, 0.4) is 0 Å². The van der Waals surface area contributed by atoms with Crippen LogP contribution in [0, 0.1) is 0 Å². The van der Waals surface area contributed by atoms with Crippen molar-refractivity contribution in [2.45, 2.75) is 45.1 Å². The summed E-state index contributed by atoms with van der Waals surface area (Å²) < 4.78 is 0.